The maximum Gasteiger partial charge on any atom is 0.153 e. The molecule has 0 saturated heterocycles. The van der Waals surface area contributed by atoms with E-state index in [2.05, 4.69) is 50.0 Å². The number of rotatable bonds is 5. The van der Waals surface area contributed by atoms with Gasteiger partial charge in [-0.1, -0.05) is 26.8 Å². The Morgan fingerprint density at radius 3 is 2.55 bits per heavy atom. The Morgan fingerprint density at radius 2 is 1.95 bits per heavy atom. The summed E-state index contributed by atoms with van der Waals surface area (Å²) in [5, 5.41) is 8.15. The van der Waals surface area contributed by atoms with E-state index in [1.807, 2.05) is 22.9 Å². The van der Waals surface area contributed by atoms with Gasteiger partial charge in [-0.2, -0.15) is 5.10 Å². The monoisotopic (exact) mass is 272 g/mol. The van der Waals surface area contributed by atoms with Crippen LogP contribution in [-0.2, 0) is 0 Å². The number of hydrogen-bond acceptors (Lipinski definition) is 3. The van der Waals surface area contributed by atoms with Gasteiger partial charge < -0.3 is 5.32 Å². The fourth-order valence-corrected chi connectivity index (χ4v) is 2.58. The molecular formula is C16H24N4. The summed E-state index contributed by atoms with van der Waals surface area (Å²) >= 11 is 0. The quantitative estimate of drug-likeness (QED) is 0.910. The maximum atomic E-state index is 4.65. The zero-order valence-electron chi connectivity index (χ0n) is 13.0. The summed E-state index contributed by atoms with van der Waals surface area (Å²) in [7, 11) is 0. The van der Waals surface area contributed by atoms with Crippen LogP contribution in [0.5, 0.6) is 0 Å². The van der Waals surface area contributed by atoms with Crippen LogP contribution in [0.3, 0.4) is 0 Å². The molecule has 1 atom stereocenters. The molecule has 0 aromatic carbocycles. The molecular weight excluding hydrogens is 248 g/mol. The van der Waals surface area contributed by atoms with Gasteiger partial charge in [-0.05, 0) is 31.9 Å². The molecule has 0 aliphatic heterocycles. The third kappa shape index (κ3) is 3.07. The second-order valence-electron chi connectivity index (χ2n) is 5.65. The van der Waals surface area contributed by atoms with Crippen LogP contribution < -0.4 is 5.32 Å². The van der Waals surface area contributed by atoms with Gasteiger partial charge >= 0.3 is 0 Å². The van der Waals surface area contributed by atoms with Crippen LogP contribution in [0.2, 0.25) is 0 Å². The van der Waals surface area contributed by atoms with Crippen molar-refractivity contribution in [1.82, 2.24) is 20.1 Å². The largest absolute Gasteiger partial charge is 0.314 e. The predicted octanol–water partition coefficient (Wildman–Crippen LogP) is 2.99. The van der Waals surface area contributed by atoms with Crippen molar-refractivity contribution >= 4 is 0 Å². The van der Waals surface area contributed by atoms with Crippen molar-refractivity contribution < 1.29 is 0 Å². The molecule has 1 unspecified atom stereocenters. The molecule has 0 spiro atoms. The van der Waals surface area contributed by atoms with E-state index in [9.17, 15) is 0 Å². The van der Waals surface area contributed by atoms with Crippen LogP contribution in [0.15, 0.2) is 24.4 Å². The first-order valence-corrected chi connectivity index (χ1v) is 7.21. The average Bonchev–Trinajstić information content (AvgIpc) is 2.72. The van der Waals surface area contributed by atoms with E-state index in [0.717, 1.165) is 18.1 Å². The topological polar surface area (TPSA) is 42.7 Å². The summed E-state index contributed by atoms with van der Waals surface area (Å²) in [4.78, 5) is 4.38. The predicted molar refractivity (Wildman–Crippen MR) is 82.4 cm³/mol. The summed E-state index contributed by atoms with van der Waals surface area (Å²) in [5.41, 5.74) is 3.59. The molecule has 4 heteroatoms. The summed E-state index contributed by atoms with van der Waals surface area (Å²) in [6.45, 7) is 11.7. The number of aromatic nitrogens is 3. The van der Waals surface area contributed by atoms with Gasteiger partial charge in [0.15, 0.2) is 5.82 Å². The summed E-state index contributed by atoms with van der Waals surface area (Å²) < 4.78 is 1.94. The number of nitrogens with zero attached hydrogens (tertiary/aromatic N) is 3. The fourth-order valence-electron chi connectivity index (χ4n) is 2.58. The van der Waals surface area contributed by atoms with Crippen molar-refractivity contribution in [1.29, 1.82) is 0 Å². The molecule has 1 N–H and O–H groups in total. The summed E-state index contributed by atoms with van der Waals surface area (Å²) in [6.07, 6.45) is 1.80. The Hall–Kier alpha value is -1.68. The van der Waals surface area contributed by atoms with Crippen molar-refractivity contribution in [3.8, 4) is 5.82 Å². The Labute approximate surface area is 121 Å². The minimum Gasteiger partial charge on any atom is -0.314 e. The van der Waals surface area contributed by atoms with E-state index in [-0.39, 0.29) is 0 Å². The van der Waals surface area contributed by atoms with E-state index in [0.29, 0.717) is 12.0 Å². The van der Waals surface area contributed by atoms with Gasteiger partial charge in [-0.15, -0.1) is 0 Å². The molecule has 2 rings (SSSR count). The van der Waals surface area contributed by atoms with Gasteiger partial charge in [-0.25, -0.2) is 9.67 Å². The van der Waals surface area contributed by atoms with Crippen LogP contribution in [0, 0.1) is 13.8 Å². The van der Waals surface area contributed by atoms with Gasteiger partial charge in [0.05, 0.1) is 5.69 Å². The highest BCUT2D eigenvalue weighted by Gasteiger charge is 2.18. The van der Waals surface area contributed by atoms with Crippen molar-refractivity contribution in [2.75, 3.05) is 6.54 Å². The normalized spacial score (nSPS) is 12.9. The van der Waals surface area contributed by atoms with E-state index in [4.69, 9.17) is 0 Å². The van der Waals surface area contributed by atoms with Gasteiger partial charge in [-0.3, -0.25) is 0 Å². The third-order valence-corrected chi connectivity index (χ3v) is 3.54. The molecule has 2 aromatic heterocycles. The highest BCUT2D eigenvalue weighted by Crippen LogP contribution is 2.24. The van der Waals surface area contributed by atoms with Crippen molar-refractivity contribution in [3.63, 3.8) is 0 Å². The van der Waals surface area contributed by atoms with E-state index < -0.39 is 0 Å². The molecule has 0 saturated carbocycles. The Balaban J connectivity index is 2.30. The molecule has 0 aliphatic carbocycles. The number of pyridine rings is 1. The Morgan fingerprint density at radius 1 is 1.20 bits per heavy atom. The second kappa shape index (κ2) is 6.18. The summed E-state index contributed by atoms with van der Waals surface area (Å²) in [6, 6.07) is 6.40. The van der Waals surface area contributed by atoms with E-state index in [1.54, 1.807) is 6.20 Å². The molecule has 0 fully saturated rings. The first kappa shape index (κ1) is 14.7. The molecule has 20 heavy (non-hydrogen) atoms. The average molecular weight is 272 g/mol. The molecule has 2 heterocycles. The molecule has 0 aliphatic rings. The van der Waals surface area contributed by atoms with Crippen molar-refractivity contribution in [2.24, 2.45) is 0 Å². The lowest BCUT2D eigenvalue weighted by molar-refractivity contribution is 0.546. The van der Waals surface area contributed by atoms with Crippen LogP contribution in [0.25, 0.3) is 5.82 Å². The Kier molecular flexibility index (Phi) is 4.55. The highest BCUT2D eigenvalue weighted by molar-refractivity contribution is 5.34. The van der Waals surface area contributed by atoms with Crippen LogP contribution in [0.4, 0.5) is 0 Å². The van der Waals surface area contributed by atoms with Gasteiger partial charge in [0, 0.05) is 30.0 Å². The zero-order chi connectivity index (χ0) is 14.7. The standard InChI is InChI=1S/C16H24N4/c1-11(2)18-10-12(3)16-13(4)19-20(14(16)5)15-8-6-7-9-17-15/h6-9,11-12,18H,10H2,1-5H3. The molecule has 4 nitrogen and oxygen atoms in total. The Bertz CT molecular complexity index is 557. The van der Waals surface area contributed by atoms with E-state index in [1.165, 1.54) is 11.3 Å². The minimum absolute atomic E-state index is 0.440. The summed E-state index contributed by atoms with van der Waals surface area (Å²) in [5.74, 6) is 1.32. The smallest absolute Gasteiger partial charge is 0.153 e. The van der Waals surface area contributed by atoms with Gasteiger partial charge in [0.25, 0.3) is 0 Å². The van der Waals surface area contributed by atoms with Crippen LogP contribution in [-0.4, -0.2) is 27.4 Å². The van der Waals surface area contributed by atoms with Crippen LogP contribution in [0.1, 0.15) is 43.6 Å². The SMILES string of the molecule is Cc1nn(-c2ccccn2)c(C)c1C(C)CNC(C)C. The lowest BCUT2D eigenvalue weighted by Crippen LogP contribution is -2.27. The highest BCUT2D eigenvalue weighted by atomic mass is 15.3. The molecule has 108 valence electrons. The van der Waals surface area contributed by atoms with Gasteiger partial charge in [0.2, 0.25) is 0 Å². The van der Waals surface area contributed by atoms with Crippen LogP contribution >= 0.6 is 0 Å². The van der Waals surface area contributed by atoms with Gasteiger partial charge in [0.1, 0.15) is 0 Å². The molecule has 2 aromatic rings. The minimum atomic E-state index is 0.440. The maximum absolute atomic E-state index is 4.65. The lowest BCUT2D eigenvalue weighted by Gasteiger charge is -2.15. The molecule has 0 radical (unpaired) electrons. The molecule has 0 bridgehead atoms. The fraction of sp³-hybridized carbons (Fsp3) is 0.500. The third-order valence-electron chi connectivity index (χ3n) is 3.54. The first-order valence-electron chi connectivity index (χ1n) is 7.21. The van der Waals surface area contributed by atoms with E-state index >= 15 is 0 Å². The first-order chi connectivity index (χ1) is 9.50. The molecule has 0 amide bonds. The van der Waals surface area contributed by atoms with Crippen molar-refractivity contribution in [3.05, 3.63) is 41.3 Å². The number of aryl methyl sites for hydroxylation is 1. The number of nitrogens with one attached hydrogen (secondary N) is 1. The number of hydrogen-bond donors (Lipinski definition) is 1. The van der Waals surface area contributed by atoms with Crippen molar-refractivity contribution in [2.45, 2.75) is 46.6 Å². The zero-order valence-corrected chi connectivity index (χ0v) is 13.0. The second-order valence-corrected chi connectivity index (χ2v) is 5.65. The lowest BCUT2D eigenvalue weighted by atomic mass is 9.99.